The number of carbonyl (C=O) groups excluding carboxylic acids is 1. The zero-order valence-corrected chi connectivity index (χ0v) is 11.7. The first kappa shape index (κ1) is 13.3. The van der Waals surface area contributed by atoms with Gasteiger partial charge < -0.3 is 15.0 Å². The lowest BCUT2D eigenvalue weighted by molar-refractivity contribution is -0.142. The second-order valence-corrected chi connectivity index (χ2v) is 5.11. The normalized spacial score (nSPS) is 17.6. The molecule has 8 heteroatoms. The van der Waals surface area contributed by atoms with Gasteiger partial charge in [-0.25, -0.2) is 9.78 Å². The van der Waals surface area contributed by atoms with Gasteiger partial charge in [0.1, 0.15) is 11.7 Å². The summed E-state index contributed by atoms with van der Waals surface area (Å²) in [5.41, 5.74) is 2.57. The Balaban J connectivity index is 1.97. The van der Waals surface area contributed by atoms with Gasteiger partial charge in [0.25, 0.3) is 5.91 Å². The summed E-state index contributed by atoms with van der Waals surface area (Å²) in [4.78, 5) is 32.5. The molecule has 8 nitrogen and oxygen atoms in total. The van der Waals surface area contributed by atoms with E-state index in [1.54, 1.807) is 20.0 Å². The van der Waals surface area contributed by atoms with E-state index in [0.29, 0.717) is 17.1 Å². The largest absolute Gasteiger partial charge is 0.480 e. The number of carbonyl (C=O) groups is 2. The minimum atomic E-state index is -1.03. The first-order chi connectivity index (χ1) is 9.97. The number of nitrogens with zero attached hydrogens (tertiary/aromatic N) is 4. The van der Waals surface area contributed by atoms with E-state index in [0.717, 1.165) is 5.69 Å². The predicted octanol–water partition coefficient (Wildman–Crippen LogP) is 0.103. The van der Waals surface area contributed by atoms with E-state index in [9.17, 15) is 14.7 Å². The predicted molar refractivity (Wildman–Crippen MR) is 71.5 cm³/mol. The van der Waals surface area contributed by atoms with Gasteiger partial charge in [0, 0.05) is 13.5 Å². The second kappa shape index (κ2) is 4.72. The Morgan fingerprint density at radius 1 is 1.48 bits per heavy atom. The molecule has 2 aromatic heterocycles. The molecule has 0 fully saturated rings. The number of hydrogen-bond acceptors (Lipinski definition) is 4. The van der Waals surface area contributed by atoms with Gasteiger partial charge in [-0.2, -0.15) is 5.10 Å². The molecule has 3 rings (SSSR count). The summed E-state index contributed by atoms with van der Waals surface area (Å²) in [5.74, 6) is -1.37. The van der Waals surface area contributed by atoms with Crippen molar-refractivity contribution < 1.29 is 14.7 Å². The van der Waals surface area contributed by atoms with Crippen molar-refractivity contribution in [2.24, 2.45) is 7.05 Å². The third-order valence-electron chi connectivity index (χ3n) is 3.67. The summed E-state index contributed by atoms with van der Waals surface area (Å²) in [5, 5.41) is 13.5. The molecule has 1 amide bonds. The van der Waals surface area contributed by atoms with Crippen molar-refractivity contribution in [3.8, 4) is 0 Å². The highest BCUT2D eigenvalue weighted by Gasteiger charge is 2.37. The van der Waals surface area contributed by atoms with Crippen molar-refractivity contribution in [3.63, 3.8) is 0 Å². The topological polar surface area (TPSA) is 104 Å². The number of aryl methyl sites for hydroxylation is 2. The SMILES string of the molecule is Cc1cc(C(=O)N2Cc3[nH]cnc3CC2C(=O)O)n(C)n1. The van der Waals surface area contributed by atoms with Crippen LogP contribution in [0.2, 0.25) is 0 Å². The fourth-order valence-corrected chi connectivity index (χ4v) is 2.63. The molecule has 1 atom stereocenters. The van der Waals surface area contributed by atoms with Crippen molar-refractivity contribution in [1.29, 1.82) is 0 Å². The lowest BCUT2D eigenvalue weighted by Crippen LogP contribution is -2.49. The van der Waals surface area contributed by atoms with Crippen molar-refractivity contribution in [2.75, 3.05) is 0 Å². The molecule has 3 heterocycles. The smallest absolute Gasteiger partial charge is 0.326 e. The van der Waals surface area contributed by atoms with Crippen LogP contribution in [0.25, 0.3) is 0 Å². The number of hydrogen-bond donors (Lipinski definition) is 2. The second-order valence-electron chi connectivity index (χ2n) is 5.11. The number of carboxylic acids is 1. The molecular formula is C13H15N5O3. The maximum atomic E-state index is 12.6. The van der Waals surface area contributed by atoms with Crippen LogP contribution in [0.1, 0.15) is 27.6 Å². The minimum Gasteiger partial charge on any atom is -0.480 e. The van der Waals surface area contributed by atoms with Crippen molar-refractivity contribution >= 4 is 11.9 Å². The molecule has 2 aromatic rings. The first-order valence-electron chi connectivity index (χ1n) is 6.53. The van der Waals surface area contributed by atoms with Crippen LogP contribution in [0.3, 0.4) is 0 Å². The molecule has 0 radical (unpaired) electrons. The van der Waals surface area contributed by atoms with E-state index >= 15 is 0 Å². The van der Waals surface area contributed by atoms with E-state index in [4.69, 9.17) is 0 Å². The number of aromatic amines is 1. The molecule has 0 bridgehead atoms. The summed E-state index contributed by atoms with van der Waals surface area (Å²) < 4.78 is 1.47. The third kappa shape index (κ3) is 2.18. The van der Waals surface area contributed by atoms with E-state index in [-0.39, 0.29) is 18.9 Å². The van der Waals surface area contributed by atoms with Crippen LogP contribution in [0.15, 0.2) is 12.4 Å². The molecular weight excluding hydrogens is 274 g/mol. The summed E-state index contributed by atoms with van der Waals surface area (Å²) in [7, 11) is 1.67. The molecule has 21 heavy (non-hydrogen) atoms. The monoisotopic (exact) mass is 289 g/mol. The Bertz CT molecular complexity index is 717. The Morgan fingerprint density at radius 2 is 2.24 bits per heavy atom. The zero-order chi connectivity index (χ0) is 15.1. The van der Waals surface area contributed by atoms with Crippen molar-refractivity contribution in [3.05, 3.63) is 35.2 Å². The van der Waals surface area contributed by atoms with Gasteiger partial charge >= 0.3 is 5.97 Å². The number of carboxylic acid groups (broad SMARTS) is 1. The Kier molecular flexibility index (Phi) is 3.00. The summed E-state index contributed by atoms with van der Waals surface area (Å²) in [6.45, 7) is 1.99. The molecule has 0 saturated heterocycles. The van der Waals surface area contributed by atoms with Gasteiger partial charge in [-0.15, -0.1) is 0 Å². The van der Waals surface area contributed by atoms with Gasteiger partial charge in [-0.05, 0) is 13.0 Å². The van der Waals surface area contributed by atoms with Gasteiger partial charge in [0.2, 0.25) is 0 Å². The van der Waals surface area contributed by atoms with Crippen LogP contribution < -0.4 is 0 Å². The maximum Gasteiger partial charge on any atom is 0.326 e. The van der Waals surface area contributed by atoms with Gasteiger partial charge in [0.05, 0.1) is 30.0 Å². The molecule has 1 unspecified atom stereocenters. The van der Waals surface area contributed by atoms with E-state index in [1.807, 2.05) is 0 Å². The van der Waals surface area contributed by atoms with Crippen LogP contribution in [-0.2, 0) is 24.8 Å². The summed E-state index contributed by atoms with van der Waals surface area (Å²) in [6, 6.07) is 0.743. The Labute approximate surface area is 120 Å². The number of imidazole rings is 1. The van der Waals surface area contributed by atoms with Crippen molar-refractivity contribution in [1.82, 2.24) is 24.6 Å². The standard InChI is InChI=1S/C13H15N5O3/c1-7-3-10(17(2)16-7)12(19)18-5-9-8(14-6-15-9)4-11(18)13(20)21/h3,6,11H,4-5H2,1-2H3,(H,14,15)(H,20,21). The first-order valence-corrected chi connectivity index (χ1v) is 6.53. The minimum absolute atomic E-state index is 0.204. The molecule has 0 aromatic carbocycles. The average molecular weight is 289 g/mol. The molecule has 110 valence electrons. The quantitative estimate of drug-likeness (QED) is 0.816. The lowest BCUT2D eigenvalue weighted by atomic mass is 10.0. The molecule has 1 aliphatic heterocycles. The number of fused-ring (bicyclic) bond motifs is 1. The number of amides is 1. The van der Waals surface area contributed by atoms with Crippen LogP contribution in [0.5, 0.6) is 0 Å². The number of H-pyrrole nitrogens is 1. The lowest BCUT2D eigenvalue weighted by Gasteiger charge is -2.32. The Hall–Kier alpha value is -2.64. The van der Waals surface area contributed by atoms with E-state index in [2.05, 4.69) is 15.1 Å². The highest BCUT2D eigenvalue weighted by Crippen LogP contribution is 2.23. The average Bonchev–Trinajstić information content (AvgIpc) is 3.01. The van der Waals surface area contributed by atoms with Crippen LogP contribution in [-0.4, -0.2) is 47.7 Å². The van der Waals surface area contributed by atoms with Crippen LogP contribution in [0.4, 0.5) is 0 Å². The fraction of sp³-hybridized carbons (Fsp3) is 0.385. The van der Waals surface area contributed by atoms with Crippen molar-refractivity contribution in [2.45, 2.75) is 25.9 Å². The summed E-state index contributed by atoms with van der Waals surface area (Å²) >= 11 is 0. The molecule has 2 N–H and O–H groups in total. The van der Waals surface area contributed by atoms with E-state index in [1.165, 1.54) is 15.9 Å². The molecule has 0 spiro atoms. The number of aromatic nitrogens is 4. The number of aliphatic carboxylic acids is 1. The fourth-order valence-electron chi connectivity index (χ4n) is 2.63. The molecule has 0 aliphatic carbocycles. The maximum absolute atomic E-state index is 12.6. The number of nitrogens with one attached hydrogen (secondary N) is 1. The van der Waals surface area contributed by atoms with Crippen LogP contribution in [0, 0.1) is 6.92 Å². The highest BCUT2D eigenvalue weighted by molar-refractivity contribution is 5.95. The van der Waals surface area contributed by atoms with E-state index < -0.39 is 12.0 Å². The molecule has 0 saturated carbocycles. The third-order valence-corrected chi connectivity index (χ3v) is 3.67. The highest BCUT2D eigenvalue weighted by atomic mass is 16.4. The van der Waals surface area contributed by atoms with Crippen LogP contribution >= 0.6 is 0 Å². The van der Waals surface area contributed by atoms with Gasteiger partial charge in [0.15, 0.2) is 0 Å². The number of rotatable bonds is 2. The molecule has 1 aliphatic rings. The summed E-state index contributed by atoms with van der Waals surface area (Å²) in [6.07, 6.45) is 1.72. The van der Waals surface area contributed by atoms with Gasteiger partial charge in [-0.1, -0.05) is 0 Å². The van der Waals surface area contributed by atoms with Gasteiger partial charge in [-0.3, -0.25) is 9.48 Å². The Morgan fingerprint density at radius 3 is 2.86 bits per heavy atom. The zero-order valence-electron chi connectivity index (χ0n) is 11.7.